The summed E-state index contributed by atoms with van der Waals surface area (Å²) in [5.74, 6) is 0.651. The van der Waals surface area contributed by atoms with Gasteiger partial charge in [0.25, 0.3) is 0 Å². The van der Waals surface area contributed by atoms with E-state index in [0.717, 1.165) is 11.3 Å². The van der Waals surface area contributed by atoms with Gasteiger partial charge in [-0.2, -0.15) is 0 Å². The van der Waals surface area contributed by atoms with Crippen LogP contribution in [0.4, 0.5) is 5.69 Å². The van der Waals surface area contributed by atoms with Gasteiger partial charge >= 0.3 is 5.97 Å². The zero-order chi connectivity index (χ0) is 18.5. The highest BCUT2D eigenvalue weighted by Gasteiger charge is 2.34. The average Bonchev–Trinajstić information content (AvgIpc) is 2.68. The zero-order valence-corrected chi connectivity index (χ0v) is 14.8. The minimum absolute atomic E-state index is 0.112. The van der Waals surface area contributed by atoms with Gasteiger partial charge in [-0.3, -0.25) is 4.79 Å². The first kappa shape index (κ1) is 17.8. The van der Waals surface area contributed by atoms with Crippen LogP contribution in [0.2, 0.25) is 0 Å². The lowest BCUT2D eigenvalue weighted by Crippen LogP contribution is -2.48. The van der Waals surface area contributed by atoms with E-state index in [1.165, 1.54) is 7.11 Å². The van der Waals surface area contributed by atoms with Crippen molar-refractivity contribution in [3.05, 3.63) is 54.1 Å². The first-order valence-corrected chi connectivity index (χ1v) is 8.48. The smallest absolute Gasteiger partial charge is 0.348 e. The van der Waals surface area contributed by atoms with E-state index in [4.69, 9.17) is 14.2 Å². The van der Waals surface area contributed by atoms with Crippen molar-refractivity contribution in [3.63, 3.8) is 0 Å². The molecule has 2 aromatic carbocycles. The number of esters is 1. The van der Waals surface area contributed by atoms with E-state index < -0.39 is 12.1 Å². The van der Waals surface area contributed by atoms with E-state index in [1.807, 2.05) is 37.3 Å². The monoisotopic (exact) mass is 355 g/mol. The number of rotatable bonds is 5. The van der Waals surface area contributed by atoms with Crippen molar-refractivity contribution < 1.29 is 23.8 Å². The number of methoxy groups -OCH3 is 1. The fourth-order valence-electron chi connectivity index (χ4n) is 2.87. The Kier molecular flexibility index (Phi) is 5.41. The number of benzene rings is 2. The van der Waals surface area contributed by atoms with Gasteiger partial charge in [0.15, 0.2) is 0 Å². The van der Waals surface area contributed by atoms with Gasteiger partial charge in [-0.15, -0.1) is 0 Å². The van der Waals surface area contributed by atoms with Gasteiger partial charge in [0.1, 0.15) is 11.5 Å². The number of anilines is 1. The van der Waals surface area contributed by atoms with Crippen LogP contribution in [0.3, 0.4) is 0 Å². The van der Waals surface area contributed by atoms with Crippen molar-refractivity contribution >= 4 is 17.6 Å². The van der Waals surface area contributed by atoms with Crippen molar-refractivity contribution in [2.24, 2.45) is 0 Å². The van der Waals surface area contributed by atoms with E-state index in [2.05, 4.69) is 0 Å². The first-order valence-electron chi connectivity index (χ1n) is 8.48. The van der Waals surface area contributed by atoms with Crippen molar-refractivity contribution in [3.8, 4) is 11.5 Å². The van der Waals surface area contributed by atoms with Gasteiger partial charge in [-0.1, -0.05) is 24.3 Å². The summed E-state index contributed by atoms with van der Waals surface area (Å²) in [6, 6.07) is 14.6. The summed E-state index contributed by atoms with van der Waals surface area (Å²) in [6.45, 7) is 2.64. The van der Waals surface area contributed by atoms with E-state index in [1.54, 1.807) is 23.1 Å². The number of carbonyl (C=O) groups excluding carboxylic acids is 2. The van der Waals surface area contributed by atoms with Crippen LogP contribution in [0, 0.1) is 0 Å². The standard InChI is InChI=1S/C20H21NO5/c1-3-25-15-10-8-14(9-11-15)12-19(22)21-13-18(20(23)24-2)26-17-7-5-4-6-16(17)21/h4-11,18H,3,12-13H2,1-2H3/t18-/m1/s1. The number of nitrogens with zero attached hydrogens (tertiary/aromatic N) is 1. The van der Waals surface area contributed by atoms with E-state index >= 15 is 0 Å². The molecule has 0 saturated carbocycles. The maximum absolute atomic E-state index is 12.9. The maximum atomic E-state index is 12.9. The van der Waals surface area contributed by atoms with Crippen molar-refractivity contribution in [1.82, 2.24) is 0 Å². The molecule has 0 spiro atoms. The summed E-state index contributed by atoms with van der Waals surface area (Å²) in [4.78, 5) is 26.4. The van der Waals surface area contributed by atoms with Crippen LogP contribution >= 0.6 is 0 Å². The molecular weight excluding hydrogens is 334 g/mol. The molecule has 0 bridgehead atoms. The predicted octanol–water partition coefficient (Wildman–Crippen LogP) is 2.60. The molecule has 0 N–H and O–H groups in total. The number of hydrogen-bond acceptors (Lipinski definition) is 5. The molecular formula is C20H21NO5. The molecule has 6 nitrogen and oxygen atoms in total. The summed E-state index contributed by atoms with van der Waals surface area (Å²) >= 11 is 0. The molecule has 1 heterocycles. The highest BCUT2D eigenvalue weighted by atomic mass is 16.6. The Labute approximate surface area is 152 Å². The normalized spacial score (nSPS) is 15.6. The topological polar surface area (TPSA) is 65.1 Å². The second-order valence-corrected chi connectivity index (χ2v) is 5.86. The summed E-state index contributed by atoms with van der Waals surface area (Å²) in [5.41, 5.74) is 1.53. The van der Waals surface area contributed by atoms with Crippen LogP contribution in [0.1, 0.15) is 12.5 Å². The SMILES string of the molecule is CCOc1ccc(CC(=O)N2C[C@H](C(=O)OC)Oc3ccccc32)cc1. The molecule has 1 aliphatic heterocycles. The molecule has 0 aromatic heterocycles. The second-order valence-electron chi connectivity index (χ2n) is 5.86. The molecule has 0 fully saturated rings. The number of carbonyl (C=O) groups is 2. The van der Waals surface area contributed by atoms with Crippen LogP contribution in [0.25, 0.3) is 0 Å². The largest absolute Gasteiger partial charge is 0.494 e. The number of amides is 1. The fourth-order valence-corrected chi connectivity index (χ4v) is 2.87. The molecule has 3 rings (SSSR count). The zero-order valence-electron chi connectivity index (χ0n) is 14.8. The highest BCUT2D eigenvalue weighted by Crippen LogP contribution is 2.33. The third kappa shape index (κ3) is 3.79. The van der Waals surface area contributed by atoms with Gasteiger partial charge in [-0.05, 0) is 36.8 Å². The summed E-state index contributed by atoms with van der Waals surface area (Å²) in [5, 5.41) is 0. The van der Waals surface area contributed by atoms with E-state index in [0.29, 0.717) is 18.0 Å². The Hall–Kier alpha value is -3.02. The van der Waals surface area contributed by atoms with Gasteiger partial charge in [0, 0.05) is 0 Å². The Morgan fingerprint density at radius 3 is 2.58 bits per heavy atom. The number of ether oxygens (including phenoxy) is 3. The maximum Gasteiger partial charge on any atom is 0.348 e. The number of fused-ring (bicyclic) bond motifs is 1. The minimum atomic E-state index is -0.834. The summed E-state index contributed by atoms with van der Waals surface area (Å²) in [7, 11) is 1.30. The van der Waals surface area contributed by atoms with Crippen LogP contribution in [-0.4, -0.2) is 38.2 Å². The lowest BCUT2D eigenvalue weighted by Gasteiger charge is -2.33. The molecule has 2 aromatic rings. The van der Waals surface area contributed by atoms with E-state index in [9.17, 15) is 9.59 Å². The number of para-hydroxylation sites is 2. The van der Waals surface area contributed by atoms with Gasteiger partial charge in [0.05, 0.1) is 32.4 Å². The molecule has 0 unspecified atom stereocenters. The Balaban J connectivity index is 1.79. The quantitative estimate of drug-likeness (QED) is 0.772. The summed E-state index contributed by atoms with van der Waals surface area (Å²) in [6.07, 6.45) is -0.617. The lowest BCUT2D eigenvalue weighted by atomic mass is 10.1. The lowest BCUT2D eigenvalue weighted by molar-refractivity contribution is -0.148. The minimum Gasteiger partial charge on any atom is -0.494 e. The molecule has 136 valence electrons. The second kappa shape index (κ2) is 7.91. The van der Waals surface area contributed by atoms with Crippen LogP contribution in [0.5, 0.6) is 11.5 Å². The molecule has 1 atom stereocenters. The van der Waals surface area contributed by atoms with Crippen molar-refractivity contribution in [2.75, 3.05) is 25.2 Å². The number of hydrogen-bond donors (Lipinski definition) is 0. The van der Waals surface area contributed by atoms with Crippen LogP contribution in [-0.2, 0) is 20.7 Å². The Bertz CT molecular complexity index is 787. The molecule has 6 heteroatoms. The third-order valence-electron chi connectivity index (χ3n) is 4.13. The summed E-state index contributed by atoms with van der Waals surface area (Å²) < 4.78 is 15.9. The van der Waals surface area contributed by atoms with Crippen LogP contribution in [0.15, 0.2) is 48.5 Å². The van der Waals surface area contributed by atoms with Gasteiger partial charge < -0.3 is 19.1 Å². The third-order valence-corrected chi connectivity index (χ3v) is 4.13. The Morgan fingerprint density at radius 2 is 1.88 bits per heavy atom. The van der Waals surface area contributed by atoms with Gasteiger partial charge in [-0.25, -0.2) is 4.79 Å². The molecule has 0 saturated heterocycles. The van der Waals surface area contributed by atoms with Crippen molar-refractivity contribution in [2.45, 2.75) is 19.4 Å². The average molecular weight is 355 g/mol. The molecule has 0 aliphatic carbocycles. The predicted molar refractivity (Wildman–Crippen MR) is 96.5 cm³/mol. The van der Waals surface area contributed by atoms with Crippen molar-refractivity contribution in [1.29, 1.82) is 0 Å². The molecule has 1 aliphatic rings. The van der Waals surface area contributed by atoms with Gasteiger partial charge in [0.2, 0.25) is 12.0 Å². The molecule has 0 radical (unpaired) electrons. The Morgan fingerprint density at radius 1 is 1.15 bits per heavy atom. The van der Waals surface area contributed by atoms with Crippen LogP contribution < -0.4 is 14.4 Å². The fraction of sp³-hybridized carbons (Fsp3) is 0.300. The first-order chi connectivity index (χ1) is 12.6. The molecule has 1 amide bonds. The van der Waals surface area contributed by atoms with E-state index in [-0.39, 0.29) is 18.9 Å². The highest BCUT2D eigenvalue weighted by molar-refractivity contribution is 5.97. The molecule has 26 heavy (non-hydrogen) atoms.